The number of urea groups is 1. The fourth-order valence-corrected chi connectivity index (χ4v) is 2.73. The molecule has 8 heteroatoms. The molecule has 0 saturated carbocycles. The average Bonchev–Trinajstić information content (AvgIpc) is 3.03. The second-order valence-electron chi connectivity index (χ2n) is 5.13. The molecule has 2 rings (SSSR count). The molecule has 20 heavy (non-hydrogen) atoms. The second kappa shape index (κ2) is 5.66. The highest BCUT2D eigenvalue weighted by Crippen LogP contribution is 2.24. The summed E-state index contributed by atoms with van der Waals surface area (Å²) >= 11 is 0. The number of carboxylic acid groups (broad SMARTS) is 1. The third kappa shape index (κ3) is 2.69. The number of rotatable bonds is 2. The number of ether oxygens (including phenoxy) is 1. The van der Waals surface area contributed by atoms with E-state index in [9.17, 15) is 19.5 Å². The number of likely N-dealkylation sites (tertiary alicyclic amines) is 2. The molecule has 2 fully saturated rings. The minimum atomic E-state index is -1.13. The van der Waals surface area contributed by atoms with Gasteiger partial charge in [-0.05, 0) is 6.42 Å². The van der Waals surface area contributed by atoms with E-state index < -0.39 is 24.1 Å². The van der Waals surface area contributed by atoms with Crippen LogP contribution in [-0.4, -0.2) is 76.9 Å². The van der Waals surface area contributed by atoms with Crippen LogP contribution in [0.2, 0.25) is 0 Å². The number of hydrogen-bond donors (Lipinski definition) is 2. The Kier molecular flexibility index (Phi) is 4.12. The molecule has 2 N–H and O–H groups in total. The van der Waals surface area contributed by atoms with Gasteiger partial charge in [-0.1, -0.05) is 0 Å². The van der Waals surface area contributed by atoms with Gasteiger partial charge in [-0.25, -0.2) is 9.59 Å². The van der Waals surface area contributed by atoms with Crippen molar-refractivity contribution in [2.24, 2.45) is 5.92 Å². The summed E-state index contributed by atoms with van der Waals surface area (Å²) < 4.78 is 4.64. The normalized spacial score (nSPS) is 29.6. The first kappa shape index (κ1) is 14.6. The lowest BCUT2D eigenvalue weighted by Gasteiger charge is -2.27. The maximum Gasteiger partial charge on any atom is 0.326 e. The Labute approximate surface area is 115 Å². The van der Waals surface area contributed by atoms with Gasteiger partial charge >= 0.3 is 18.0 Å². The zero-order valence-electron chi connectivity index (χ0n) is 11.2. The number of hydrogen-bond acceptors (Lipinski definition) is 5. The van der Waals surface area contributed by atoms with E-state index >= 15 is 0 Å². The quantitative estimate of drug-likeness (QED) is 0.638. The summed E-state index contributed by atoms with van der Waals surface area (Å²) in [6, 6.07) is -1.45. The molecule has 2 aliphatic heterocycles. The molecule has 0 aromatic rings. The van der Waals surface area contributed by atoms with Gasteiger partial charge in [-0.15, -0.1) is 0 Å². The van der Waals surface area contributed by atoms with E-state index in [1.165, 1.54) is 12.0 Å². The highest BCUT2D eigenvalue weighted by atomic mass is 16.5. The van der Waals surface area contributed by atoms with Gasteiger partial charge in [0.1, 0.15) is 6.04 Å². The number of nitrogens with zero attached hydrogens (tertiary/aromatic N) is 2. The van der Waals surface area contributed by atoms with Crippen molar-refractivity contribution in [3.05, 3.63) is 0 Å². The Hall–Kier alpha value is -1.83. The molecule has 8 nitrogen and oxygen atoms in total. The van der Waals surface area contributed by atoms with Crippen molar-refractivity contribution >= 4 is 18.0 Å². The molecule has 2 amide bonds. The predicted molar refractivity (Wildman–Crippen MR) is 65.8 cm³/mol. The van der Waals surface area contributed by atoms with Crippen LogP contribution in [0.25, 0.3) is 0 Å². The van der Waals surface area contributed by atoms with Crippen molar-refractivity contribution < 1.29 is 29.3 Å². The van der Waals surface area contributed by atoms with E-state index in [2.05, 4.69) is 4.74 Å². The lowest BCUT2D eigenvalue weighted by molar-refractivity contribution is -0.145. The van der Waals surface area contributed by atoms with Gasteiger partial charge < -0.3 is 24.7 Å². The highest BCUT2D eigenvalue weighted by molar-refractivity contribution is 5.84. The first-order valence-electron chi connectivity index (χ1n) is 6.48. The molecular formula is C12H18N2O6. The Morgan fingerprint density at radius 1 is 1.25 bits per heavy atom. The Bertz CT molecular complexity index is 426. The maximum absolute atomic E-state index is 12.3. The Balaban J connectivity index is 2.01. The van der Waals surface area contributed by atoms with Crippen LogP contribution >= 0.6 is 0 Å². The van der Waals surface area contributed by atoms with Crippen molar-refractivity contribution in [3.8, 4) is 0 Å². The van der Waals surface area contributed by atoms with Gasteiger partial charge in [0, 0.05) is 26.1 Å². The smallest absolute Gasteiger partial charge is 0.326 e. The number of β-amino-alcohol motifs (C(OH)–C–C–N with tert-alkyl or cyclic N) is 1. The zero-order chi connectivity index (χ0) is 14.9. The van der Waals surface area contributed by atoms with Crippen LogP contribution in [0.15, 0.2) is 0 Å². The van der Waals surface area contributed by atoms with Gasteiger partial charge in [0.2, 0.25) is 0 Å². The van der Waals surface area contributed by atoms with Crippen LogP contribution in [0.1, 0.15) is 12.8 Å². The standard InChI is InChI=1S/C12H18N2O6/c1-20-11(18)7-2-3-13(5-7)12(19)14-6-8(15)4-9(14)10(16)17/h7-9,15H,2-6H2,1H3,(H,16,17)/t7?,8-,9-/m1/s1. The molecule has 0 aromatic heterocycles. The van der Waals surface area contributed by atoms with E-state index in [4.69, 9.17) is 5.11 Å². The van der Waals surface area contributed by atoms with E-state index in [-0.39, 0.29) is 31.4 Å². The molecule has 0 radical (unpaired) electrons. The summed E-state index contributed by atoms with van der Waals surface area (Å²) in [6.07, 6.45) is -0.277. The molecule has 0 aliphatic carbocycles. The van der Waals surface area contributed by atoms with E-state index in [0.717, 1.165) is 4.90 Å². The Morgan fingerprint density at radius 2 is 1.95 bits per heavy atom. The van der Waals surface area contributed by atoms with Crippen LogP contribution in [0.3, 0.4) is 0 Å². The molecule has 0 aromatic carbocycles. The van der Waals surface area contributed by atoms with Crippen LogP contribution in [-0.2, 0) is 14.3 Å². The number of aliphatic hydroxyl groups is 1. The third-order valence-electron chi connectivity index (χ3n) is 3.80. The topological polar surface area (TPSA) is 107 Å². The number of carbonyl (C=O) groups excluding carboxylic acids is 2. The second-order valence-corrected chi connectivity index (χ2v) is 5.13. The summed E-state index contributed by atoms with van der Waals surface area (Å²) in [7, 11) is 1.30. The lowest BCUT2D eigenvalue weighted by atomic mass is 10.1. The number of carboxylic acids is 1. The van der Waals surface area contributed by atoms with Gasteiger partial charge in [0.15, 0.2) is 0 Å². The molecule has 3 atom stereocenters. The number of amides is 2. The molecule has 2 aliphatic rings. The maximum atomic E-state index is 12.3. The third-order valence-corrected chi connectivity index (χ3v) is 3.80. The number of esters is 1. The van der Waals surface area contributed by atoms with E-state index in [0.29, 0.717) is 13.0 Å². The van der Waals surface area contributed by atoms with Crippen molar-refractivity contribution in [3.63, 3.8) is 0 Å². The fourth-order valence-electron chi connectivity index (χ4n) is 2.73. The van der Waals surface area contributed by atoms with Crippen LogP contribution in [0.5, 0.6) is 0 Å². The Morgan fingerprint density at radius 3 is 2.55 bits per heavy atom. The summed E-state index contributed by atoms with van der Waals surface area (Å²) in [5.74, 6) is -1.85. The molecular weight excluding hydrogens is 268 g/mol. The number of aliphatic hydroxyl groups excluding tert-OH is 1. The van der Waals surface area contributed by atoms with Crippen molar-refractivity contribution in [2.45, 2.75) is 25.0 Å². The summed E-state index contributed by atoms with van der Waals surface area (Å²) in [6.45, 7) is 0.622. The monoisotopic (exact) mass is 286 g/mol. The minimum absolute atomic E-state index is 0.00912. The molecule has 112 valence electrons. The first-order valence-corrected chi connectivity index (χ1v) is 6.48. The lowest BCUT2D eigenvalue weighted by Crippen LogP contribution is -2.47. The van der Waals surface area contributed by atoms with Crippen molar-refractivity contribution in [2.75, 3.05) is 26.7 Å². The largest absolute Gasteiger partial charge is 0.480 e. The number of aliphatic carboxylic acids is 1. The number of carbonyl (C=O) groups is 3. The van der Waals surface area contributed by atoms with Gasteiger partial charge in [-0.2, -0.15) is 0 Å². The SMILES string of the molecule is COC(=O)C1CCN(C(=O)N2C[C@H](O)C[C@@H]2C(=O)O)C1. The van der Waals surface area contributed by atoms with Crippen molar-refractivity contribution in [1.29, 1.82) is 0 Å². The van der Waals surface area contributed by atoms with Gasteiger partial charge in [0.05, 0.1) is 19.1 Å². The number of methoxy groups -OCH3 is 1. The summed E-state index contributed by atoms with van der Waals surface area (Å²) in [5.41, 5.74) is 0. The minimum Gasteiger partial charge on any atom is -0.480 e. The first-order chi connectivity index (χ1) is 9.43. The summed E-state index contributed by atoms with van der Waals surface area (Å²) in [4.78, 5) is 37.4. The molecule has 0 bridgehead atoms. The summed E-state index contributed by atoms with van der Waals surface area (Å²) in [5, 5.41) is 18.6. The van der Waals surface area contributed by atoms with Crippen LogP contribution in [0.4, 0.5) is 4.79 Å². The molecule has 1 unspecified atom stereocenters. The van der Waals surface area contributed by atoms with Crippen LogP contribution in [0, 0.1) is 5.92 Å². The van der Waals surface area contributed by atoms with Gasteiger partial charge in [-0.3, -0.25) is 4.79 Å². The fraction of sp³-hybridized carbons (Fsp3) is 0.750. The molecule has 2 heterocycles. The van der Waals surface area contributed by atoms with Gasteiger partial charge in [0.25, 0.3) is 0 Å². The highest BCUT2D eigenvalue weighted by Gasteiger charge is 2.42. The average molecular weight is 286 g/mol. The van der Waals surface area contributed by atoms with E-state index in [1.54, 1.807) is 0 Å². The van der Waals surface area contributed by atoms with E-state index in [1.807, 2.05) is 0 Å². The van der Waals surface area contributed by atoms with Crippen molar-refractivity contribution in [1.82, 2.24) is 9.80 Å². The predicted octanol–water partition coefficient (Wildman–Crippen LogP) is -0.879. The zero-order valence-corrected chi connectivity index (χ0v) is 11.2. The molecule has 0 spiro atoms. The van der Waals surface area contributed by atoms with Crippen LogP contribution < -0.4 is 0 Å². The molecule has 2 saturated heterocycles.